The number of rotatable bonds is 4. The second-order valence-electron chi connectivity index (χ2n) is 3.33. The number of aromatic nitrogens is 3. The summed E-state index contributed by atoms with van der Waals surface area (Å²) >= 11 is 0. The normalized spacial score (nSPS) is 12.3. The lowest BCUT2D eigenvalue weighted by Gasteiger charge is -2.12. The smallest absolute Gasteiger partial charge is 0.295 e. The lowest BCUT2D eigenvalue weighted by atomic mass is 10.1. The molecular formula is C9H17N5O. The molecule has 0 radical (unpaired) electrons. The number of anilines is 1. The molecule has 1 atom stereocenters. The Morgan fingerprint density at radius 3 is 2.53 bits per heavy atom. The molecule has 6 nitrogen and oxygen atoms in total. The first-order valence-corrected chi connectivity index (χ1v) is 5.00. The van der Waals surface area contributed by atoms with E-state index in [2.05, 4.69) is 20.9 Å². The molecule has 0 aliphatic rings. The van der Waals surface area contributed by atoms with Crippen LogP contribution < -0.4 is 16.3 Å². The van der Waals surface area contributed by atoms with Crippen molar-refractivity contribution in [1.29, 1.82) is 0 Å². The standard InChI is InChI=1S/C9H17N5O/c1-5-6(2)7-8(15)14(11-4)9(10-3)13-12-7/h6,11H,5H2,1-4H3,(H,10,13). The highest BCUT2D eigenvalue weighted by Gasteiger charge is 2.14. The lowest BCUT2D eigenvalue weighted by molar-refractivity contribution is 0.648. The van der Waals surface area contributed by atoms with Crippen molar-refractivity contribution < 1.29 is 0 Å². The SMILES string of the molecule is CCC(C)c1nnc(NC)n(NC)c1=O. The first-order valence-electron chi connectivity index (χ1n) is 5.00. The summed E-state index contributed by atoms with van der Waals surface area (Å²) in [5.41, 5.74) is 3.12. The van der Waals surface area contributed by atoms with Gasteiger partial charge in [0, 0.05) is 20.0 Å². The highest BCUT2D eigenvalue weighted by molar-refractivity contribution is 5.24. The molecule has 0 amide bonds. The maximum atomic E-state index is 11.9. The van der Waals surface area contributed by atoms with E-state index in [1.807, 2.05) is 13.8 Å². The molecule has 0 aliphatic carbocycles. The topological polar surface area (TPSA) is 71.8 Å². The monoisotopic (exact) mass is 211 g/mol. The number of hydrogen-bond donors (Lipinski definition) is 2. The van der Waals surface area contributed by atoms with Crippen LogP contribution >= 0.6 is 0 Å². The van der Waals surface area contributed by atoms with Gasteiger partial charge in [-0.25, -0.2) is 0 Å². The lowest BCUT2D eigenvalue weighted by Crippen LogP contribution is -2.34. The Labute approximate surface area is 88.7 Å². The molecule has 0 aliphatic heterocycles. The summed E-state index contributed by atoms with van der Waals surface area (Å²) in [7, 11) is 3.37. The third-order valence-electron chi connectivity index (χ3n) is 2.41. The average Bonchev–Trinajstić information content (AvgIpc) is 2.27. The highest BCUT2D eigenvalue weighted by atomic mass is 16.1. The summed E-state index contributed by atoms with van der Waals surface area (Å²) in [5.74, 6) is 0.532. The minimum absolute atomic E-state index is 0.121. The predicted molar refractivity (Wildman–Crippen MR) is 59.8 cm³/mol. The molecule has 84 valence electrons. The van der Waals surface area contributed by atoms with E-state index in [0.717, 1.165) is 6.42 Å². The first kappa shape index (κ1) is 11.5. The summed E-state index contributed by atoms with van der Waals surface area (Å²) in [5, 5.41) is 10.7. The zero-order valence-corrected chi connectivity index (χ0v) is 9.53. The number of nitrogens with zero attached hydrogens (tertiary/aromatic N) is 3. The molecule has 1 rings (SSSR count). The Balaban J connectivity index is 3.29. The summed E-state index contributed by atoms with van der Waals surface area (Å²) in [6.45, 7) is 3.98. The fraction of sp³-hybridized carbons (Fsp3) is 0.667. The van der Waals surface area contributed by atoms with Crippen LogP contribution in [0.1, 0.15) is 31.9 Å². The second-order valence-corrected chi connectivity index (χ2v) is 3.33. The number of hydrogen-bond acceptors (Lipinski definition) is 5. The van der Waals surface area contributed by atoms with E-state index in [0.29, 0.717) is 11.6 Å². The van der Waals surface area contributed by atoms with Crippen molar-refractivity contribution in [3.63, 3.8) is 0 Å². The van der Waals surface area contributed by atoms with Crippen molar-refractivity contribution in [1.82, 2.24) is 14.9 Å². The molecule has 1 unspecified atom stereocenters. The third-order valence-corrected chi connectivity index (χ3v) is 2.41. The molecule has 1 aromatic heterocycles. The summed E-state index contributed by atoms with van der Waals surface area (Å²) in [4.78, 5) is 11.9. The summed E-state index contributed by atoms with van der Waals surface area (Å²) < 4.78 is 1.36. The van der Waals surface area contributed by atoms with Crippen molar-refractivity contribution >= 4 is 5.95 Å². The van der Waals surface area contributed by atoms with Gasteiger partial charge in [0.05, 0.1) is 0 Å². The van der Waals surface area contributed by atoms with Gasteiger partial charge >= 0.3 is 0 Å². The van der Waals surface area contributed by atoms with Crippen molar-refractivity contribution in [2.24, 2.45) is 0 Å². The summed E-state index contributed by atoms with van der Waals surface area (Å²) in [6, 6.07) is 0. The van der Waals surface area contributed by atoms with Crippen molar-refractivity contribution in [2.45, 2.75) is 26.2 Å². The van der Waals surface area contributed by atoms with Gasteiger partial charge in [0.1, 0.15) is 5.69 Å². The molecule has 0 spiro atoms. The largest absolute Gasteiger partial charge is 0.356 e. The van der Waals surface area contributed by atoms with Crippen LogP contribution in [0.5, 0.6) is 0 Å². The van der Waals surface area contributed by atoms with Gasteiger partial charge < -0.3 is 10.7 Å². The molecule has 0 saturated carbocycles. The van der Waals surface area contributed by atoms with Crippen molar-refractivity contribution in [3.8, 4) is 0 Å². The second kappa shape index (κ2) is 4.77. The quantitative estimate of drug-likeness (QED) is 0.752. The fourth-order valence-corrected chi connectivity index (χ4v) is 1.27. The van der Waals surface area contributed by atoms with Gasteiger partial charge in [0.2, 0.25) is 5.95 Å². The van der Waals surface area contributed by atoms with Gasteiger partial charge in [0.15, 0.2) is 0 Å². The minimum atomic E-state index is -0.147. The first-order chi connectivity index (χ1) is 7.15. The maximum absolute atomic E-state index is 11.9. The van der Waals surface area contributed by atoms with E-state index >= 15 is 0 Å². The Morgan fingerprint density at radius 1 is 1.40 bits per heavy atom. The van der Waals surface area contributed by atoms with Gasteiger partial charge in [-0.1, -0.05) is 13.8 Å². The van der Waals surface area contributed by atoms with Gasteiger partial charge in [-0.05, 0) is 6.42 Å². The van der Waals surface area contributed by atoms with Crippen LogP contribution in [0.25, 0.3) is 0 Å². The number of nitrogens with one attached hydrogen (secondary N) is 2. The Morgan fingerprint density at radius 2 is 2.07 bits per heavy atom. The Kier molecular flexibility index (Phi) is 3.65. The van der Waals surface area contributed by atoms with Gasteiger partial charge in [-0.2, -0.15) is 4.68 Å². The van der Waals surface area contributed by atoms with Gasteiger partial charge in [-0.3, -0.25) is 4.79 Å². The molecule has 0 saturated heterocycles. The van der Waals surface area contributed by atoms with Crippen LogP contribution in [0.4, 0.5) is 5.95 Å². The fourth-order valence-electron chi connectivity index (χ4n) is 1.27. The van der Waals surface area contributed by atoms with Crippen molar-refractivity contribution in [3.05, 3.63) is 16.0 Å². The molecule has 2 N–H and O–H groups in total. The van der Waals surface area contributed by atoms with E-state index in [-0.39, 0.29) is 11.5 Å². The van der Waals surface area contributed by atoms with Crippen LogP contribution in [0, 0.1) is 0 Å². The Hall–Kier alpha value is -1.59. The van der Waals surface area contributed by atoms with Crippen LogP contribution in [0.3, 0.4) is 0 Å². The van der Waals surface area contributed by atoms with Crippen LogP contribution in [0.2, 0.25) is 0 Å². The zero-order valence-electron chi connectivity index (χ0n) is 9.53. The third kappa shape index (κ3) is 2.08. The van der Waals surface area contributed by atoms with Crippen LogP contribution in [-0.2, 0) is 0 Å². The molecular weight excluding hydrogens is 194 g/mol. The van der Waals surface area contributed by atoms with E-state index in [1.54, 1.807) is 14.1 Å². The summed E-state index contributed by atoms with van der Waals surface area (Å²) in [6.07, 6.45) is 0.868. The maximum Gasteiger partial charge on any atom is 0.295 e. The van der Waals surface area contributed by atoms with Gasteiger partial charge in [-0.15, -0.1) is 10.2 Å². The molecule has 1 aromatic rings. The van der Waals surface area contributed by atoms with E-state index in [4.69, 9.17) is 0 Å². The van der Waals surface area contributed by atoms with E-state index in [9.17, 15) is 4.79 Å². The molecule has 15 heavy (non-hydrogen) atoms. The van der Waals surface area contributed by atoms with Crippen LogP contribution in [0.15, 0.2) is 4.79 Å². The van der Waals surface area contributed by atoms with E-state index in [1.165, 1.54) is 4.68 Å². The molecule has 1 heterocycles. The van der Waals surface area contributed by atoms with Gasteiger partial charge in [0.25, 0.3) is 5.56 Å². The predicted octanol–water partition coefficient (Wildman–Crippen LogP) is 0.367. The molecule has 6 heteroatoms. The van der Waals surface area contributed by atoms with Crippen LogP contribution in [-0.4, -0.2) is 29.0 Å². The minimum Gasteiger partial charge on any atom is -0.356 e. The molecule has 0 fully saturated rings. The average molecular weight is 211 g/mol. The highest BCUT2D eigenvalue weighted by Crippen LogP contribution is 2.11. The zero-order chi connectivity index (χ0) is 11.4. The Bertz CT molecular complexity index is 387. The van der Waals surface area contributed by atoms with E-state index < -0.39 is 0 Å². The molecule has 0 bridgehead atoms. The van der Waals surface area contributed by atoms with Crippen molar-refractivity contribution in [2.75, 3.05) is 24.8 Å². The molecule has 0 aromatic carbocycles.